The Bertz CT molecular complexity index is 1960. The standard InChI is InChI=1S/C34H33N7O2/c1-19-23-8-9-27(19)41(18-23)34(42)24-10-26-32(30(13-24)43-3)39(2)33(38-26)29-12-22-7-6-21(25-15-36-31(14-35)37-16-25)11-28(22)40(29)17-20-4-5-20/h6-7,10-13,15-16,19-20,23,27H,4-5,8-9,17-18H2,1-3H3/t19-,23?,27?/m1/s1. The molecule has 9 heteroatoms. The number of aryl methyl sites for hydroxylation is 1. The molecule has 1 amide bonds. The number of ether oxygens (including phenoxy) is 1. The first-order valence-electron chi connectivity index (χ1n) is 15.1. The van der Waals surface area contributed by atoms with Crippen molar-refractivity contribution in [1.82, 2.24) is 29.0 Å². The van der Waals surface area contributed by atoms with Gasteiger partial charge in [-0.1, -0.05) is 19.1 Å². The Kier molecular flexibility index (Phi) is 5.83. The Morgan fingerprint density at radius 1 is 1.07 bits per heavy atom. The molecule has 0 N–H and O–H groups in total. The van der Waals surface area contributed by atoms with E-state index in [9.17, 15) is 4.79 Å². The second kappa shape index (κ2) is 9.66. The van der Waals surface area contributed by atoms with E-state index in [1.807, 2.05) is 25.2 Å². The van der Waals surface area contributed by atoms with Crippen LogP contribution in [0.15, 0.2) is 48.8 Å². The topological polar surface area (TPSA) is 102 Å². The molecule has 3 aliphatic rings. The first-order valence-corrected chi connectivity index (χ1v) is 15.1. The van der Waals surface area contributed by atoms with Gasteiger partial charge < -0.3 is 18.8 Å². The molecule has 4 heterocycles. The van der Waals surface area contributed by atoms with Gasteiger partial charge in [0.2, 0.25) is 5.82 Å². The van der Waals surface area contributed by atoms with Crippen LogP contribution in [0.25, 0.3) is 44.6 Å². The highest BCUT2D eigenvalue weighted by Crippen LogP contribution is 2.44. The summed E-state index contributed by atoms with van der Waals surface area (Å²) in [5, 5.41) is 10.2. The number of imidazole rings is 1. The summed E-state index contributed by atoms with van der Waals surface area (Å²) in [6.07, 6.45) is 8.16. The van der Waals surface area contributed by atoms with Gasteiger partial charge in [0.25, 0.3) is 5.91 Å². The molecule has 5 aromatic rings. The van der Waals surface area contributed by atoms with Crippen LogP contribution < -0.4 is 4.74 Å². The zero-order valence-corrected chi connectivity index (χ0v) is 24.6. The van der Waals surface area contributed by atoms with Crippen molar-refractivity contribution in [2.75, 3.05) is 13.7 Å². The van der Waals surface area contributed by atoms with E-state index >= 15 is 0 Å². The Hall–Kier alpha value is -4.71. The Labute approximate surface area is 249 Å². The minimum Gasteiger partial charge on any atom is -0.494 e. The van der Waals surface area contributed by atoms with Gasteiger partial charge in [-0.3, -0.25) is 4.79 Å². The molecule has 2 bridgehead atoms. The number of benzene rings is 2. The molecular formula is C34H33N7O2. The minimum atomic E-state index is 0.0774. The first-order chi connectivity index (χ1) is 20.9. The van der Waals surface area contributed by atoms with Crippen molar-refractivity contribution < 1.29 is 9.53 Å². The Morgan fingerprint density at radius 2 is 1.88 bits per heavy atom. The number of carbonyl (C=O) groups is 1. The summed E-state index contributed by atoms with van der Waals surface area (Å²) in [6.45, 7) is 4.04. The normalized spacial score (nSPS) is 21.2. The molecule has 9 nitrogen and oxygen atoms in total. The number of nitrogens with zero attached hydrogens (tertiary/aromatic N) is 7. The van der Waals surface area contributed by atoms with Crippen LogP contribution in [-0.2, 0) is 13.6 Å². The van der Waals surface area contributed by atoms with Crippen LogP contribution in [0.4, 0.5) is 0 Å². The van der Waals surface area contributed by atoms with Gasteiger partial charge >= 0.3 is 0 Å². The van der Waals surface area contributed by atoms with Crippen LogP contribution in [0.5, 0.6) is 5.75 Å². The number of piperidine rings is 1. The van der Waals surface area contributed by atoms with Gasteiger partial charge in [0.05, 0.1) is 18.3 Å². The fourth-order valence-corrected chi connectivity index (χ4v) is 7.44. The average molecular weight is 572 g/mol. The van der Waals surface area contributed by atoms with E-state index in [1.165, 1.54) is 19.3 Å². The van der Waals surface area contributed by atoms with Crippen molar-refractivity contribution in [3.05, 3.63) is 60.2 Å². The predicted octanol–water partition coefficient (Wildman–Crippen LogP) is 5.81. The van der Waals surface area contributed by atoms with E-state index < -0.39 is 0 Å². The molecule has 2 saturated carbocycles. The highest BCUT2D eigenvalue weighted by molar-refractivity contribution is 6.00. The van der Waals surface area contributed by atoms with E-state index in [0.717, 1.165) is 64.1 Å². The van der Waals surface area contributed by atoms with Crippen LogP contribution in [0.3, 0.4) is 0 Å². The van der Waals surface area contributed by atoms with Gasteiger partial charge in [-0.2, -0.15) is 5.26 Å². The lowest BCUT2D eigenvalue weighted by Gasteiger charge is -2.27. The van der Waals surface area contributed by atoms with Crippen LogP contribution in [-0.4, -0.2) is 54.6 Å². The van der Waals surface area contributed by atoms with Crippen molar-refractivity contribution >= 4 is 27.8 Å². The number of carbonyl (C=O) groups excluding carboxylic acids is 1. The van der Waals surface area contributed by atoms with Crippen molar-refractivity contribution in [3.8, 4) is 34.5 Å². The van der Waals surface area contributed by atoms with Gasteiger partial charge in [0.15, 0.2) is 5.82 Å². The monoisotopic (exact) mass is 571 g/mol. The number of fused-ring (bicyclic) bond motifs is 4. The van der Waals surface area contributed by atoms with Crippen LogP contribution >= 0.6 is 0 Å². The molecule has 216 valence electrons. The zero-order chi connectivity index (χ0) is 29.4. The van der Waals surface area contributed by atoms with E-state index in [-0.39, 0.29) is 11.7 Å². The zero-order valence-electron chi connectivity index (χ0n) is 24.6. The van der Waals surface area contributed by atoms with E-state index in [2.05, 4.69) is 55.2 Å². The van der Waals surface area contributed by atoms with Crippen LogP contribution in [0.2, 0.25) is 0 Å². The summed E-state index contributed by atoms with van der Waals surface area (Å²) in [5.41, 5.74) is 6.30. The largest absolute Gasteiger partial charge is 0.494 e. The highest BCUT2D eigenvalue weighted by atomic mass is 16.5. The molecule has 8 rings (SSSR count). The lowest BCUT2D eigenvalue weighted by Crippen LogP contribution is -2.38. The fourth-order valence-electron chi connectivity index (χ4n) is 7.44. The van der Waals surface area contributed by atoms with Gasteiger partial charge in [-0.05, 0) is 73.3 Å². The molecule has 1 saturated heterocycles. The summed E-state index contributed by atoms with van der Waals surface area (Å²) in [7, 11) is 3.68. The average Bonchev–Trinajstić information content (AvgIpc) is 3.44. The molecule has 2 aromatic carbocycles. The van der Waals surface area contributed by atoms with Gasteiger partial charge in [0.1, 0.15) is 17.3 Å². The van der Waals surface area contributed by atoms with Gasteiger partial charge in [0, 0.05) is 60.6 Å². The van der Waals surface area contributed by atoms with Crippen LogP contribution in [0.1, 0.15) is 48.8 Å². The smallest absolute Gasteiger partial charge is 0.254 e. The molecule has 43 heavy (non-hydrogen) atoms. The molecule has 0 radical (unpaired) electrons. The molecule has 1 aliphatic heterocycles. The van der Waals surface area contributed by atoms with Crippen molar-refractivity contribution in [3.63, 3.8) is 0 Å². The van der Waals surface area contributed by atoms with E-state index in [0.29, 0.717) is 35.1 Å². The Morgan fingerprint density at radius 3 is 2.56 bits per heavy atom. The Balaban J connectivity index is 1.23. The summed E-state index contributed by atoms with van der Waals surface area (Å²) in [5.74, 6) is 3.55. The summed E-state index contributed by atoms with van der Waals surface area (Å²) >= 11 is 0. The van der Waals surface area contributed by atoms with Crippen molar-refractivity contribution in [2.45, 2.75) is 45.2 Å². The first kappa shape index (κ1) is 26.0. The molecule has 3 fully saturated rings. The number of rotatable bonds is 6. The highest BCUT2D eigenvalue weighted by Gasteiger charge is 2.46. The third-order valence-corrected chi connectivity index (χ3v) is 10.0. The number of amides is 1. The maximum Gasteiger partial charge on any atom is 0.254 e. The number of nitriles is 1. The molecular weight excluding hydrogens is 538 g/mol. The molecule has 2 aliphatic carbocycles. The lowest BCUT2D eigenvalue weighted by molar-refractivity contribution is 0.0696. The second-order valence-electron chi connectivity index (χ2n) is 12.5. The quantitative estimate of drug-likeness (QED) is 0.255. The van der Waals surface area contributed by atoms with Crippen molar-refractivity contribution in [1.29, 1.82) is 5.26 Å². The third kappa shape index (κ3) is 4.11. The maximum atomic E-state index is 13.7. The maximum absolute atomic E-state index is 13.7. The fraction of sp³-hybridized carbons (Fsp3) is 0.382. The van der Waals surface area contributed by atoms with Crippen LogP contribution in [0, 0.1) is 29.1 Å². The second-order valence-corrected chi connectivity index (χ2v) is 12.5. The number of hydrogen-bond donors (Lipinski definition) is 0. The minimum absolute atomic E-state index is 0.0774. The molecule has 3 aromatic heterocycles. The number of likely N-dealkylation sites (tertiary alicyclic amines) is 1. The number of hydrogen-bond acceptors (Lipinski definition) is 6. The predicted molar refractivity (Wildman–Crippen MR) is 163 cm³/mol. The molecule has 3 atom stereocenters. The van der Waals surface area contributed by atoms with Gasteiger partial charge in [-0.25, -0.2) is 15.0 Å². The molecule has 2 unspecified atom stereocenters. The summed E-state index contributed by atoms with van der Waals surface area (Å²) < 4.78 is 10.3. The van der Waals surface area contributed by atoms with E-state index in [1.54, 1.807) is 19.5 Å². The number of methoxy groups -OCH3 is 1. The molecule has 0 spiro atoms. The summed E-state index contributed by atoms with van der Waals surface area (Å²) in [6, 6.07) is 14.7. The van der Waals surface area contributed by atoms with Crippen molar-refractivity contribution in [2.24, 2.45) is 24.8 Å². The van der Waals surface area contributed by atoms with E-state index in [4.69, 9.17) is 15.0 Å². The third-order valence-electron chi connectivity index (χ3n) is 10.0. The number of aromatic nitrogens is 5. The summed E-state index contributed by atoms with van der Waals surface area (Å²) in [4.78, 5) is 29.3. The SMILES string of the molecule is COc1cc(C(=O)N2CC3CCC2[C@@H]3C)cc2nc(-c3cc4ccc(-c5cnc(C#N)nc5)cc4n3CC3CC3)n(C)c12. The van der Waals surface area contributed by atoms with Gasteiger partial charge in [-0.15, -0.1) is 0 Å². The lowest BCUT2D eigenvalue weighted by atomic mass is 10.0.